The first-order valence-corrected chi connectivity index (χ1v) is 12.2. The lowest BCUT2D eigenvalue weighted by Crippen LogP contribution is -2.43. The van der Waals surface area contributed by atoms with Gasteiger partial charge >= 0.3 is 12.1 Å². The maximum Gasteiger partial charge on any atom is 0.437 e. The van der Waals surface area contributed by atoms with Gasteiger partial charge in [0.25, 0.3) is 0 Å². The van der Waals surface area contributed by atoms with Gasteiger partial charge in [0.2, 0.25) is 17.6 Å². The summed E-state index contributed by atoms with van der Waals surface area (Å²) in [5.74, 6) is -4.07. The second-order valence-electron chi connectivity index (χ2n) is 8.56. The van der Waals surface area contributed by atoms with Gasteiger partial charge in [-0.05, 0) is 52.7 Å². The number of sulfone groups is 1. The number of rotatable bonds is 10. The number of hydrogen-bond acceptors (Lipinski definition) is 7. The minimum Gasteiger partial charge on any atom is -0.476 e. The minimum atomic E-state index is -3.61. The number of hydrogen-bond donors (Lipinski definition) is 2. The van der Waals surface area contributed by atoms with Gasteiger partial charge in [-0.15, -0.1) is 4.99 Å². The first-order valence-electron chi connectivity index (χ1n) is 10.6. The van der Waals surface area contributed by atoms with Crippen molar-refractivity contribution in [3.05, 3.63) is 29.8 Å². The van der Waals surface area contributed by atoms with E-state index in [1.165, 1.54) is 12.1 Å². The molecule has 11 nitrogen and oxygen atoms in total. The number of carboxylic acids is 1. The molecule has 3 N–H and O–H groups in total. The Balaban J connectivity index is 2.89. The number of benzene rings is 1. The Morgan fingerprint density at radius 3 is 2.18 bits per heavy atom. The Morgan fingerprint density at radius 2 is 1.65 bits per heavy atom. The number of amides is 2. The van der Waals surface area contributed by atoms with Crippen LogP contribution in [0.15, 0.2) is 34.2 Å². The first kappa shape index (κ1) is 28.8. The fourth-order valence-corrected chi connectivity index (χ4v) is 4.03. The SMILES string of the molecule is Cc1ccc(S(=O)(=O)CCCC(=O)N(CCCC(=O)C(=O)O)C(N)=NC(=O)OC(C)(C)C)cc1. The van der Waals surface area contributed by atoms with E-state index in [1.54, 1.807) is 32.9 Å². The maximum atomic E-state index is 12.7. The summed E-state index contributed by atoms with van der Waals surface area (Å²) >= 11 is 0. The molecule has 0 unspecified atom stereocenters. The lowest BCUT2D eigenvalue weighted by molar-refractivity contribution is -0.149. The van der Waals surface area contributed by atoms with Gasteiger partial charge in [-0.3, -0.25) is 14.5 Å². The summed E-state index contributed by atoms with van der Waals surface area (Å²) in [6.07, 6.45) is -1.71. The lowest BCUT2D eigenvalue weighted by Gasteiger charge is -2.22. The number of ether oxygens (including phenoxy) is 1. The van der Waals surface area contributed by atoms with Gasteiger partial charge in [0, 0.05) is 19.4 Å². The average molecular weight is 498 g/mol. The largest absolute Gasteiger partial charge is 0.476 e. The number of carbonyl (C=O) groups excluding carboxylic acids is 3. The summed E-state index contributed by atoms with van der Waals surface area (Å²) in [6.45, 7) is 6.49. The summed E-state index contributed by atoms with van der Waals surface area (Å²) in [5, 5.41) is 8.70. The Morgan fingerprint density at radius 1 is 1.06 bits per heavy atom. The van der Waals surface area contributed by atoms with Gasteiger partial charge in [-0.1, -0.05) is 17.7 Å². The highest BCUT2D eigenvalue weighted by Gasteiger charge is 2.23. The van der Waals surface area contributed by atoms with Crippen molar-refractivity contribution in [2.75, 3.05) is 12.3 Å². The van der Waals surface area contributed by atoms with E-state index < -0.39 is 45.2 Å². The molecule has 0 fully saturated rings. The average Bonchev–Trinajstić information content (AvgIpc) is 2.69. The number of nitrogens with two attached hydrogens (primary N) is 1. The van der Waals surface area contributed by atoms with Gasteiger partial charge in [0.05, 0.1) is 10.6 Å². The molecule has 0 saturated carbocycles. The highest BCUT2D eigenvalue weighted by atomic mass is 32.2. The van der Waals surface area contributed by atoms with Crippen LogP contribution in [0.2, 0.25) is 0 Å². The highest BCUT2D eigenvalue weighted by molar-refractivity contribution is 7.91. The molecule has 1 aromatic carbocycles. The van der Waals surface area contributed by atoms with Gasteiger partial charge in [0.1, 0.15) is 5.60 Å². The number of carbonyl (C=O) groups is 4. The van der Waals surface area contributed by atoms with E-state index in [2.05, 4.69) is 4.99 Å². The van der Waals surface area contributed by atoms with Crippen LogP contribution in [0, 0.1) is 6.92 Å². The van der Waals surface area contributed by atoms with E-state index >= 15 is 0 Å². The Bertz CT molecular complexity index is 1040. The maximum absolute atomic E-state index is 12.7. The monoisotopic (exact) mass is 497 g/mol. The number of ketones is 1. The molecule has 34 heavy (non-hydrogen) atoms. The Hall–Kier alpha value is -3.28. The molecular weight excluding hydrogens is 466 g/mol. The molecule has 188 valence electrons. The molecular formula is C22H31N3O8S. The fourth-order valence-electron chi connectivity index (χ4n) is 2.72. The zero-order valence-corrected chi connectivity index (χ0v) is 20.6. The number of aliphatic carboxylic acids is 1. The molecule has 0 aliphatic heterocycles. The van der Waals surface area contributed by atoms with Crippen molar-refractivity contribution in [3.63, 3.8) is 0 Å². The van der Waals surface area contributed by atoms with Crippen LogP contribution in [-0.2, 0) is 29.0 Å². The van der Waals surface area contributed by atoms with Crippen LogP contribution in [0.5, 0.6) is 0 Å². The molecule has 0 spiro atoms. The minimum absolute atomic E-state index is 0.0285. The van der Waals surface area contributed by atoms with E-state index in [1.807, 2.05) is 6.92 Å². The number of Topliss-reactive ketones (excluding diaryl/α,β-unsaturated/α-hetero) is 1. The molecule has 2 amide bonds. The van der Waals surface area contributed by atoms with Crippen LogP contribution in [0.3, 0.4) is 0 Å². The zero-order chi connectivity index (χ0) is 26.1. The van der Waals surface area contributed by atoms with Crippen molar-refractivity contribution in [2.24, 2.45) is 10.7 Å². The van der Waals surface area contributed by atoms with Gasteiger partial charge in [-0.25, -0.2) is 18.0 Å². The van der Waals surface area contributed by atoms with Crippen LogP contribution in [0.25, 0.3) is 0 Å². The lowest BCUT2D eigenvalue weighted by atomic mass is 10.2. The van der Waals surface area contributed by atoms with Gasteiger partial charge < -0.3 is 15.6 Å². The van der Waals surface area contributed by atoms with Crippen molar-refractivity contribution >= 4 is 39.5 Å². The van der Waals surface area contributed by atoms with E-state index in [0.29, 0.717) is 0 Å². The molecule has 0 aliphatic rings. The molecule has 12 heteroatoms. The van der Waals surface area contributed by atoms with Crippen molar-refractivity contribution < 1.29 is 37.4 Å². The molecule has 0 atom stereocenters. The first-order chi connectivity index (χ1) is 15.6. The van der Waals surface area contributed by atoms with Crippen molar-refractivity contribution in [1.82, 2.24) is 4.90 Å². The molecule has 1 rings (SSSR count). The molecule has 0 aromatic heterocycles. The topological polar surface area (TPSA) is 173 Å². The van der Waals surface area contributed by atoms with Crippen LogP contribution in [-0.4, -0.2) is 66.0 Å². The van der Waals surface area contributed by atoms with E-state index in [9.17, 15) is 27.6 Å². The molecule has 0 bridgehead atoms. The summed E-state index contributed by atoms with van der Waals surface area (Å²) in [4.78, 5) is 51.3. The quantitative estimate of drug-likeness (QED) is 0.278. The van der Waals surface area contributed by atoms with Crippen LogP contribution >= 0.6 is 0 Å². The van der Waals surface area contributed by atoms with Crippen molar-refractivity contribution in [3.8, 4) is 0 Å². The zero-order valence-electron chi connectivity index (χ0n) is 19.7. The van der Waals surface area contributed by atoms with E-state index in [-0.39, 0.29) is 42.9 Å². The second-order valence-corrected chi connectivity index (χ2v) is 10.7. The summed E-state index contributed by atoms with van der Waals surface area (Å²) in [6, 6.07) is 6.32. The third-order valence-electron chi connectivity index (χ3n) is 4.38. The van der Waals surface area contributed by atoms with Crippen LogP contribution in [0.4, 0.5) is 4.79 Å². The number of guanidine groups is 1. The number of aliphatic imine (C=N–C) groups is 1. The molecule has 0 aliphatic carbocycles. The highest BCUT2D eigenvalue weighted by Crippen LogP contribution is 2.15. The molecule has 0 saturated heterocycles. The van der Waals surface area contributed by atoms with Crippen molar-refractivity contribution in [2.45, 2.75) is 63.9 Å². The third-order valence-corrected chi connectivity index (χ3v) is 6.20. The number of nitrogens with zero attached hydrogens (tertiary/aromatic N) is 2. The predicted octanol–water partition coefficient (Wildman–Crippen LogP) is 2.06. The summed E-state index contributed by atoms with van der Waals surface area (Å²) < 4.78 is 30.0. The summed E-state index contributed by atoms with van der Waals surface area (Å²) in [7, 11) is -3.61. The number of aryl methyl sites for hydroxylation is 1. The molecule has 0 heterocycles. The van der Waals surface area contributed by atoms with E-state index in [0.717, 1.165) is 10.5 Å². The van der Waals surface area contributed by atoms with Gasteiger partial charge in [0.15, 0.2) is 9.84 Å². The predicted molar refractivity (Wildman–Crippen MR) is 124 cm³/mol. The fraction of sp³-hybridized carbons (Fsp3) is 0.500. The normalized spacial score (nSPS) is 12.2. The van der Waals surface area contributed by atoms with Crippen LogP contribution < -0.4 is 5.73 Å². The van der Waals surface area contributed by atoms with E-state index in [4.69, 9.17) is 15.6 Å². The second kappa shape index (κ2) is 12.3. The van der Waals surface area contributed by atoms with Gasteiger partial charge in [-0.2, -0.15) is 0 Å². The third kappa shape index (κ3) is 10.1. The standard InChI is InChI=1S/C22H31N3O8S/c1-15-9-11-16(12-10-15)34(31,32)14-6-8-18(27)25(13-5-7-17(26)19(28)29)20(23)24-21(30)33-22(2,3)4/h9-12H,5-8,13-14H2,1-4H3,(H,28,29)(H2,23,24,30). The smallest absolute Gasteiger partial charge is 0.437 e. The Labute approximate surface area is 198 Å². The number of carboxylic acid groups (broad SMARTS) is 1. The summed E-state index contributed by atoms with van der Waals surface area (Å²) in [5.41, 5.74) is 5.87. The molecule has 0 radical (unpaired) electrons. The molecule has 1 aromatic rings. The Kier molecular flexibility index (Phi) is 10.4. The van der Waals surface area contributed by atoms with Crippen LogP contribution in [0.1, 0.15) is 52.0 Å². The van der Waals surface area contributed by atoms with Crippen molar-refractivity contribution in [1.29, 1.82) is 0 Å².